The van der Waals surface area contributed by atoms with Crippen molar-refractivity contribution in [1.29, 1.82) is 0 Å². The molecule has 1 saturated heterocycles. The molecule has 0 N–H and O–H groups in total. The molecule has 4 rings (SSSR count). The monoisotopic (exact) mass is 373 g/mol. The van der Waals surface area contributed by atoms with Crippen molar-refractivity contribution in [2.45, 2.75) is 13.5 Å². The topological polar surface area (TPSA) is 35.5 Å². The normalized spacial score (nSPS) is 14.2. The first kappa shape index (κ1) is 18.3. The van der Waals surface area contributed by atoms with Crippen molar-refractivity contribution in [2.75, 3.05) is 47.4 Å². The lowest BCUT2D eigenvalue weighted by atomic mass is 10.2. The van der Waals surface area contributed by atoms with E-state index in [-0.39, 0.29) is 0 Å². The molecule has 0 unspecified atom stereocenters. The van der Waals surface area contributed by atoms with E-state index in [1.54, 1.807) is 0 Å². The fourth-order valence-electron chi connectivity index (χ4n) is 3.63. The lowest BCUT2D eigenvalue weighted by Gasteiger charge is -2.36. The number of benzene rings is 2. The van der Waals surface area contributed by atoms with Crippen molar-refractivity contribution >= 4 is 17.5 Å². The van der Waals surface area contributed by atoms with Gasteiger partial charge in [0.1, 0.15) is 5.82 Å². The molecular formula is C23H27N5. The van der Waals surface area contributed by atoms with Gasteiger partial charge >= 0.3 is 0 Å². The Labute approximate surface area is 167 Å². The summed E-state index contributed by atoms with van der Waals surface area (Å²) in [5.41, 5.74) is 2.58. The molecule has 144 valence electrons. The van der Waals surface area contributed by atoms with Crippen LogP contribution in [0.3, 0.4) is 0 Å². The van der Waals surface area contributed by atoms with Gasteiger partial charge in [0.05, 0.1) is 0 Å². The van der Waals surface area contributed by atoms with E-state index in [2.05, 4.69) is 87.3 Å². The maximum atomic E-state index is 4.88. The Balaban J connectivity index is 1.43. The summed E-state index contributed by atoms with van der Waals surface area (Å²) in [6.07, 6.45) is 1.88. The van der Waals surface area contributed by atoms with Crippen LogP contribution in [-0.4, -0.2) is 42.7 Å². The van der Waals surface area contributed by atoms with Crippen LogP contribution < -0.4 is 14.7 Å². The quantitative estimate of drug-likeness (QED) is 0.656. The molecule has 0 saturated carbocycles. The summed E-state index contributed by atoms with van der Waals surface area (Å²) in [5.74, 6) is 1.82. The third kappa shape index (κ3) is 4.25. The number of rotatable bonds is 6. The van der Waals surface area contributed by atoms with Crippen molar-refractivity contribution in [2.24, 2.45) is 0 Å². The van der Waals surface area contributed by atoms with Crippen molar-refractivity contribution in [3.8, 4) is 0 Å². The Bertz CT molecular complexity index is 860. The smallest absolute Gasteiger partial charge is 0.227 e. The van der Waals surface area contributed by atoms with E-state index in [4.69, 9.17) is 4.98 Å². The summed E-state index contributed by atoms with van der Waals surface area (Å²) in [6.45, 7) is 7.77. The highest BCUT2D eigenvalue weighted by Crippen LogP contribution is 2.20. The number of nitrogens with zero attached hydrogens (tertiary/aromatic N) is 5. The molecule has 0 amide bonds. The van der Waals surface area contributed by atoms with Gasteiger partial charge in [-0.15, -0.1) is 0 Å². The second-order valence-electron chi connectivity index (χ2n) is 7.02. The Morgan fingerprint density at radius 2 is 1.46 bits per heavy atom. The number of anilines is 3. The van der Waals surface area contributed by atoms with Crippen LogP contribution in [0.4, 0.5) is 17.5 Å². The molecule has 5 nitrogen and oxygen atoms in total. The van der Waals surface area contributed by atoms with E-state index in [1.807, 2.05) is 12.3 Å². The van der Waals surface area contributed by atoms with Gasteiger partial charge in [-0.05, 0) is 30.7 Å². The highest BCUT2D eigenvalue weighted by Gasteiger charge is 2.20. The molecule has 0 spiro atoms. The van der Waals surface area contributed by atoms with Gasteiger partial charge in [0.25, 0.3) is 0 Å². The number of aromatic nitrogens is 2. The number of para-hydroxylation sites is 1. The summed E-state index contributed by atoms with van der Waals surface area (Å²) in [6, 6.07) is 23.2. The number of hydrogen-bond acceptors (Lipinski definition) is 5. The van der Waals surface area contributed by atoms with Gasteiger partial charge in [-0.25, -0.2) is 4.98 Å². The summed E-state index contributed by atoms with van der Waals surface area (Å²) in [4.78, 5) is 16.4. The van der Waals surface area contributed by atoms with Crippen molar-refractivity contribution < 1.29 is 0 Å². The van der Waals surface area contributed by atoms with Crippen molar-refractivity contribution in [3.05, 3.63) is 78.5 Å². The van der Waals surface area contributed by atoms with Gasteiger partial charge in [0.2, 0.25) is 5.95 Å². The Morgan fingerprint density at radius 1 is 0.821 bits per heavy atom. The molecule has 2 heterocycles. The van der Waals surface area contributed by atoms with Gasteiger partial charge in [0, 0.05) is 51.2 Å². The zero-order valence-corrected chi connectivity index (χ0v) is 16.4. The average Bonchev–Trinajstić information content (AvgIpc) is 2.79. The first-order chi connectivity index (χ1) is 13.8. The SMILES string of the molecule is CCN(Cc1ccccc1)c1ccnc(N2CCN(c3ccccc3)CC2)n1. The zero-order valence-electron chi connectivity index (χ0n) is 16.4. The highest BCUT2D eigenvalue weighted by molar-refractivity contribution is 5.49. The molecule has 2 aromatic carbocycles. The van der Waals surface area contributed by atoms with Crippen LogP contribution >= 0.6 is 0 Å². The molecule has 1 fully saturated rings. The number of hydrogen-bond donors (Lipinski definition) is 0. The van der Waals surface area contributed by atoms with Crippen LogP contribution in [-0.2, 0) is 6.54 Å². The van der Waals surface area contributed by atoms with Gasteiger partial charge in [-0.3, -0.25) is 0 Å². The molecule has 1 aliphatic heterocycles. The third-order valence-corrected chi connectivity index (χ3v) is 5.23. The summed E-state index contributed by atoms with van der Waals surface area (Å²) in [5, 5.41) is 0. The molecule has 0 atom stereocenters. The molecule has 28 heavy (non-hydrogen) atoms. The second-order valence-corrected chi connectivity index (χ2v) is 7.02. The largest absolute Gasteiger partial charge is 0.368 e. The molecule has 3 aromatic rings. The lowest BCUT2D eigenvalue weighted by molar-refractivity contribution is 0.639. The second kappa shape index (κ2) is 8.74. The predicted molar refractivity (Wildman–Crippen MR) is 116 cm³/mol. The number of piperazine rings is 1. The summed E-state index contributed by atoms with van der Waals surface area (Å²) >= 11 is 0. The average molecular weight is 374 g/mol. The van der Waals surface area contributed by atoms with Gasteiger partial charge in [-0.2, -0.15) is 4.98 Å². The van der Waals surface area contributed by atoms with Gasteiger partial charge in [0.15, 0.2) is 0 Å². The maximum absolute atomic E-state index is 4.88. The first-order valence-electron chi connectivity index (χ1n) is 10.0. The molecular weight excluding hydrogens is 346 g/mol. The fourth-order valence-corrected chi connectivity index (χ4v) is 3.63. The highest BCUT2D eigenvalue weighted by atomic mass is 15.3. The first-order valence-corrected chi connectivity index (χ1v) is 10.0. The van der Waals surface area contributed by atoms with Crippen LogP contribution in [0.1, 0.15) is 12.5 Å². The van der Waals surface area contributed by atoms with Crippen LogP contribution in [0.15, 0.2) is 72.9 Å². The zero-order chi connectivity index (χ0) is 19.2. The Hall–Kier alpha value is -3.08. The fraction of sp³-hybridized carbons (Fsp3) is 0.304. The van der Waals surface area contributed by atoms with E-state index in [0.717, 1.165) is 51.0 Å². The molecule has 0 bridgehead atoms. The van der Waals surface area contributed by atoms with E-state index < -0.39 is 0 Å². The molecule has 0 aliphatic carbocycles. The minimum absolute atomic E-state index is 0.830. The Kier molecular flexibility index (Phi) is 5.71. The molecule has 5 heteroatoms. The van der Waals surface area contributed by atoms with Crippen molar-refractivity contribution in [1.82, 2.24) is 9.97 Å². The lowest BCUT2D eigenvalue weighted by Crippen LogP contribution is -2.47. The van der Waals surface area contributed by atoms with Gasteiger partial charge in [-0.1, -0.05) is 48.5 Å². The van der Waals surface area contributed by atoms with E-state index in [9.17, 15) is 0 Å². The predicted octanol–water partition coefficient (Wildman–Crippen LogP) is 3.83. The summed E-state index contributed by atoms with van der Waals surface area (Å²) < 4.78 is 0. The van der Waals surface area contributed by atoms with E-state index in [1.165, 1.54) is 11.3 Å². The summed E-state index contributed by atoms with van der Waals surface area (Å²) in [7, 11) is 0. The molecule has 1 aliphatic rings. The van der Waals surface area contributed by atoms with Crippen LogP contribution in [0.5, 0.6) is 0 Å². The molecule has 1 aromatic heterocycles. The standard InChI is InChI=1S/C23H27N5/c1-2-26(19-20-9-5-3-6-10-20)22-13-14-24-23(25-22)28-17-15-27(16-18-28)21-11-7-4-8-12-21/h3-14H,2,15-19H2,1H3. The van der Waals surface area contributed by atoms with E-state index in [0.29, 0.717) is 0 Å². The third-order valence-electron chi connectivity index (χ3n) is 5.23. The van der Waals surface area contributed by atoms with Crippen LogP contribution in [0, 0.1) is 0 Å². The van der Waals surface area contributed by atoms with Gasteiger partial charge < -0.3 is 14.7 Å². The minimum atomic E-state index is 0.830. The van der Waals surface area contributed by atoms with Crippen LogP contribution in [0.25, 0.3) is 0 Å². The Morgan fingerprint density at radius 3 is 2.14 bits per heavy atom. The maximum Gasteiger partial charge on any atom is 0.227 e. The minimum Gasteiger partial charge on any atom is -0.368 e. The molecule has 0 radical (unpaired) electrons. The van der Waals surface area contributed by atoms with E-state index >= 15 is 0 Å². The van der Waals surface area contributed by atoms with Crippen LogP contribution in [0.2, 0.25) is 0 Å². The van der Waals surface area contributed by atoms with Crippen molar-refractivity contribution in [3.63, 3.8) is 0 Å².